The normalized spacial score (nSPS) is 10.8. The lowest BCUT2D eigenvalue weighted by molar-refractivity contribution is -0.384. The second kappa shape index (κ2) is 12.0. The van der Waals surface area contributed by atoms with Crippen molar-refractivity contribution in [3.05, 3.63) is 99.9 Å². The van der Waals surface area contributed by atoms with E-state index < -0.39 is 4.92 Å². The Morgan fingerprint density at radius 3 is 2.53 bits per heavy atom. The van der Waals surface area contributed by atoms with Crippen LogP contribution in [-0.2, 0) is 23.6 Å². The number of ether oxygens (including phenoxy) is 1. The van der Waals surface area contributed by atoms with E-state index in [1.54, 1.807) is 49.8 Å². The second-order valence-corrected chi connectivity index (χ2v) is 8.69. The number of hydrogen-bond acceptors (Lipinski definition) is 8. The molecule has 0 bridgehead atoms. The lowest BCUT2D eigenvalue weighted by Crippen LogP contribution is -2.22. The van der Waals surface area contributed by atoms with Gasteiger partial charge in [-0.05, 0) is 41.5 Å². The minimum atomic E-state index is -0.424. The Morgan fingerprint density at radius 1 is 1.06 bits per heavy atom. The van der Waals surface area contributed by atoms with Crippen LogP contribution in [0.5, 0.6) is 0 Å². The molecule has 0 aliphatic carbocycles. The predicted molar refractivity (Wildman–Crippen MR) is 135 cm³/mol. The highest BCUT2D eigenvalue weighted by atomic mass is 32.2. The van der Waals surface area contributed by atoms with Gasteiger partial charge < -0.3 is 10.1 Å². The number of carbonyl (C=O) groups is 1. The van der Waals surface area contributed by atoms with Crippen LogP contribution in [0.1, 0.15) is 21.5 Å². The summed E-state index contributed by atoms with van der Waals surface area (Å²) in [6, 6.07) is 17.5. The van der Waals surface area contributed by atoms with Crippen LogP contribution in [0, 0.1) is 10.1 Å². The molecule has 0 saturated heterocycles. The first-order chi connectivity index (χ1) is 17.6. The molecule has 2 aromatic carbocycles. The van der Waals surface area contributed by atoms with E-state index in [1.807, 2.05) is 28.8 Å². The number of carbonyl (C=O) groups excluding carboxylic acids is 1. The molecule has 4 rings (SSSR count). The van der Waals surface area contributed by atoms with Crippen molar-refractivity contribution < 1.29 is 14.5 Å². The number of nitrogens with one attached hydrogen (secondary N) is 1. The molecule has 36 heavy (non-hydrogen) atoms. The third kappa shape index (κ3) is 6.12. The Morgan fingerprint density at radius 2 is 1.81 bits per heavy atom. The number of rotatable bonds is 11. The van der Waals surface area contributed by atoms with Gasteiger partial charge in [-0.15, -0.1) is 10.2 Å². The van der Waals surface area contributed by atoms with Crippen molar-refractivity contribution in [3.8, 4) is 11.4 Å². The van der Waals surface area contributed by atoms with Crippen LogP contribution in [0.15, 0.2) is 78.2 Å². The third-order valence-electron chi connectivity index (χ3n) is 5.36. The maximum Gasteiger partial charge on any atom is 0.280 e. The maximum atomic E-state index is 12.5. The van der Waals surface area contributed by atoms with Crippen LogP contribution in [0.3, 0.4) is 0 Å². The van der Waals surface area contributed by atoms with Gasteiger partial charge in [0.25, 0.3) is 11.6 Å². The summed E-state index contributed by atoms with van der Waals surface area (Å²) in [5, 5.41) is 23.6. The molecule has 0 fully saturated rings. The first-order valence-corrected chi connectivity index (χ1v) is 12.1. The number of nitro groups is 1. The van der Waals surface area contributed by atoms with Gasteiger partial charge in [0.05, 0.1) is 23.6 Å². The van der Waals surface area contributed by atoms with Crippen LogP contribution in [-0.4, -0.2) is 44.3 Å². The lowest BCUT2D eigenvalue weighted by Gasteiger charge is -2.10. The van der Waals surface area contributed by atoms with Gasteiger partial charge in [0.15, 0.2) is 11.0 Å². The molecule has 0 aliphatic rings. The molecule has 2 aromatic heterocycles. The number of nitro benzene ring substituents is 1. The highest BCUT2D eigenvalue weighted by molar-refractivity contribution is 7.98. The largest absolute Gasteiger partial charge is 0.383 e. The van der Waals surface area contributed by atoms with E-state index in [9.17, 15) is 14.9 Å². The number of amides is 1. The summed E-state index contributed by atoms with van der Waals surface area (Å²) in [6.45, 7) is 1.28. The minimum absolute atomic E-state index is 0.0297. The Bertz CT molecular complexity index is 1330. The number of benzene rings is 2. The van der Waals surface area contributed by atoms with Gasteiger partial charge in [0.2, 0.25) is 0 Å². The van der Waals surface area contributed by atoms with Crippen molar-refractivity contribution in [2.45, 2.75) is 24.0 Å². The van der Waals surface area contributed by atoms with Crippen LogP contribution in [0.4, 0.5) is 5.69 Å². The fourth-order valence-electron chi connectivity index (χ4n) is 3.49. The zero-order valence-corrected chi connectivity index (χ0v) is 20.4. The van der Waals surface area contributed by atoms with E-state index in [-0.39, 0.29) is 11.6 Å². The number of nitrogens with zero attached hydrogens (tertiary/aromatic N) is 5. The van der Waals surface area contributed by atoms with E-state index in [2.05, 4.69) is 20.5 Å². The van der Waals surface area contributed by atoms with E-state index in [1.165, 1.54) is 17.8 Å². The van der Waals surface area contributed by atoms with Crippen LogP contribution in [0.2, 0.25) is 0 Å². The predicted octanol–water partition coefficient (Wildman–Crippen LogP) is 4.12. The van der Waals surface area contributed by atoms with Crippen molar-refractivity contribution in [1.82, 2.24) is 25.1 Å². The highest BCUT2D eigenvalue weighted by Crippen LogP contribution is 2.31. The Kier molecular flexibility index (Phi) is 8.37. The number of aromatic nitrogens is 4. The number of pyridine rings is 1. The van der Waals surface area contributed by atoms with E-state index in [0.717, 1.165) is 11.1 Å². The summed E-state index contributed by atoms with van der Waals surface area (Å²) in [5.41, 5.74) is 2.92. The van der Waals surface area contributed by atoms with Crippen LogP contribution < -0.4 is 5.32 Å². The SMILES string of the molecule is COCCn1c(SCc2ccc(C(=O)NCc3ccncc3)cc2)nnc1-c1ccccc1[N+](=O)[O-]. The van der Waals surface area contributed by atoms with Gasteiger partial charge in [0.1, 0.15) is 0 Å². The topological polar surface area (TPSA) is 125 Å². The summed E-state index contributed by atoms with van der Waals surface area (Å²) in [4.78, 5) is 27.5. The standard InChI is InChI=1S/C25H24N6O4S/c1-35-15-14-30-23(21-4-2-3-5-22(21)31(33)34)28-29-25(30)36-17-19-6-8-20(9-7-19)24(32)27-16-18-10-12-26-13-11-18/h2-13H,14-17H2,1H3,(H,27,32). The van der Waals surface area contributed by atoms with E-state index in [0.29, 0.717) is 47.6 Å². The fourth-order valence-corrected chi connectivity index (χ4v) is 4.41. The minimum Gasteiger partial charge on any atom is -0.383 e. The average molecular weight is 505 g/mol. The summed E-state index contributed by atoms with van der Waals surface area (Å²) in [6.07, 6.45) is 3.38. The first kappa shape index (κ1) is 25.0. The second-order valence-electron chi connectivity index (χ2n) is 7.75. The maximum absolute atomic E-state index is 12.5. The molecule has 2 heterocycles. The van der Waals surface area contributed by atoms with E-state index >= 15 is 0 Å². The van der Waals surface area contributed by atoms with Gasteiger partial charge in [-0.1, -0.05) is 36.0 Å². The zero-order chi connectivity index (χ0) is 25.3. The average Bonchev–Trinajstić information content (AvgIpc) is 3.32. The molecule has 0 spiro atoms. The summed E-state index contributed by atoms with van der Waals surface area (Å²) in [5.74, 6) is 0.850. The van der Waals surface area contributed by atoms with Crippen LogP contribution in [0.25, 0.3) is 11.4 Å². The van der Waals surface area contributed by atoms with Gasteiger partial charge in [-0.3, -0.25) is 24.5 Å². The molecule has 4 aromatic rings. The number of thioether (sulfide) groups is 1. The molecule has 0 radical (unpaired) electrons. The molecule has 184 valence electrons. The van der Waals surface area contributed by atoms with Crippen LogP contribution >= 0.6 is 11.8 Å². The summed E-state index contributed by atoms with van der Waals surface area (Å²) >= 11 is 1.46. The lowest BCUT2D eigenvalue weighted by atomic mass is 10.1. The zero-order valence-electron chi connectivity index (χ0n) is 19.5. The Balaban J connectivity index is 1.44. The first-order valence-electron chi connectivity index (χ1n) is 11.1. The van der Waals surface area contributed by atoms with Crippen molar-refractivity contribution in [2.75, 3.05) is 13.7 Å². The van der Waals surface area contributed by atoms with Gasteiger partial charge in [-0.2, -0.15) is 0 Å². The summed E-state index contributed by atoms with van der Waals surface area (Å²) < 4.78 is 7.06. The van der Waals surface area contributed by atoms with E-state index in [4.69, 9.17) is 4.74 Å². The Hall–Kier alpha value is -4.09. The van der Waals surface area contributed by atoms with Gasteiger partial charge in [-0.25, -0.2) is 0 Å². The molecule has 0 atom stereocenters. The summed E-state index contributed by atoms with van der Waals surface area (Å²) in [7, 11) is 1.59. The van der Waals surface area contributed by atoms with Crippen molar-refractivity contribution in [1.29, 1.82) is 0 Å². The molecule has 0 unspecified atom stereocenters. The number of methoxy groups -OCH3 is 1. The fraction of sp³-hybridized carbons (Fsp3) is 0.200. The van der Waals surface area contributed by atoms with Gasteiger partial charge >= 0.3 is 0 Å². The molecule has 0 aliphatic heterocycles. The quantitative estimate of drug-likeness (QED) is 0.184. The number of hydrogen-bond donors (Lipinski definition) is 1. The molecule has 11 heteroatoms. The highest BCUT2D eigenvalue weighted by Gasteiger charge is 2.22. The molecular formula is C25H24N6O4S. The third-order valence-corrected chi connectivity index (χ3v) is 6.40. The van der Waals surface area contributed by atoms with Crippen molar-refractivity contribution in [3.63, 3.8) is 0 Å². The van der Waals surface area contributed by atoms with Gasteiger partial charge in [0, 0.05) is 43.4 Å². The molecule has 0 saturated carbocycles. The molecule has 1 N–H and O–H groups in total. The molecular weight excluding hydrogens is 480 g/mol. The monoisotopic (exact) mass is 504 g/mol. The molecule has 10 nitrogen and oxygen atoms in total. The van der Waals surface area contributed by atoms with Crippen molar-refractivity contribution >= 4 is 23.4 Å². The molecule has 1 amide bonds. The number of para-hydroxylation sites is 1. The Labute approximate surface area is 211 Å². The smallest absolute Gasteiger partial charge is 0.280 e. The van der Waals surface area contributed by atoms with Crippen molar-refractivity contribution in [2.24, 2.45) is 0 Å².